The Morgan fingerprint density at radius 2 is 2.10 bits per heavy atom. The lowest BCUT2D eigenvalue weighted by Gasteiger charge is -2.69. The van der Waals surface area contributed by atoms with E-state index in [0.29, 0.717) is 36.6 Å². The lowest BCUT2D eigenvalue weighted by molar-refractivity contribution is -0.226. The second kappa shape index (κ2) is 6.62. The summed E-state index contributed by atoms with van der Waals surface area (Å²) >= 11 is 5.84. The van der Waals surface area contributed by atoms with Crippen LogP contribution in [0.2, 0.25) is 5.15 Å². The summed E-state index contributed by atoms with van der Waals surface area (Å²) in [5, 5.41) is 0.317. The standard InChI is InChI=1S/C21H20ClF2N3O2/c22-17-4-5-25-19(26-17)29-12-20-9-21(10-20,11-20)18(28)27-8-15(24)7-16(27)13-2-1-3-14(23)6-13/h1-6,15-16H,7-12H2. The van der Waals surface area contributed by atoms with Gasteiger partial charge in [0.05, 0.1) is 24.6 Å². The summed E-state index contributed by atoms with van der Waals surface area (Å²) < 4.78 is 33.5. The first kappa shape index (κ1) is 18.7. The first-order chi connectivity index (χ1) is 13.9. The average molecular weight is 420 g/mol. The number of ether oxygens (including phenoxy) is 1. The third kappa shape index (κ3) is 3.16. The average Bonchev–Trinajstić information content (AvgIpc) is 3.01. The molecule has 2 aromatic rings. The molecule has 4 aliphatic rings. The van der Waals surface area contributed by atoms with Crippen molar-refractivity contribution in [3.05, 3.63) is 53.1 Å². The third-order valence-electron chi connectivity index (χ3n) is 6.45. The van der Waals surface area contributed by atoms with Crippen molar-refractivity contribution in [3.63, 3.8) is 0 Å². The fourth-order valence-corrected chi connectivity index (χ4v) is 5.46. The van der Waals surface area contributed by atoms with Gasteiger partial charge in [0, 0.05) is 18.0 Å². The second-order valence-electron chi connectivity index (χ2n) is 8.62. The molecule has 6 rings (SSSR count). The van der Waals surface area contributed by atoms with Crippen LogP contribution in [-0.2, 0) is 4.79 Å². The minimum atomic E-state index is -1.09. The van der Waals surface area contributed by atoms with Gasteiger partial charge in [0.25, 0.3) is 0 Å². The molecule has 1 aromatic heterocycles. The van der Waals surface area contributed by atoms with Crippen LogP contribution in [0.15, 0.2) is 36.5 Å². The molecule has 4 fully saturated rings. The molecule has 3 saturated carbocycles. The Morgan fingerprint density at radius 1 is 1.31 bits per heavy atom. The number of likely N-dealkylation sites (tertiary alicyclic amines) is 1. The maximum Gasteiger partial charge on any atom is 0.317 e. The Kier molecular flexibility index (Phi) is 4.28. The van der Waals surface area contributed by atoms with Crippen LogP contribution in [0.4, 0.5) is 8.78 Å². The van der Waals surface area contributed by atoms with Crippen molar-refractivity contribution < 1.29 is 18.3 Å². The van der Waals surface area contributed by atoms with Gasteiger partial charge in [0.2, 0.25) is 5.91 Å². The maximum atomic E-state index is 14.2. The summed E-state index contributed by atoms with van der Waals surface area (Å²) in [5.41, 5.74) is 0.167. The lowest BCUT2D eigenvalue weighted by atomic mass is 9.35. The zero-order valence-electron chi connectivity index (χ0n) is 15.7. The highest BCUT2D eigenvalue weighted by Gasteiger charge is 2.72. The molecular weight excluding hydrogens is 400 g/mol. The summed E-state index contributed by atoms with van der Waals surface area (Å²) in [6, 6.07) is 7.50. The lowest BCUT2D eigenvalue weighted by Crippen LogP contribution is -2.69. The summed E-state index contributed by atoms with van der Waals surface area (Å²) in [5.74, 6) is -0.394. The molecule has 2 bridgehead atoms. The van der Waals surface area contributed by atoms with Crippen LogP contribution in [0.5, 0.6) is 6.01 Å². The number of halogens is 3. The Hall–Kier alpha value is -2.28. The molecule has 8 heteroatoms. The summed E-state index contributed by atoms with van der Waals surface area (Å²) in [7, 11) is 0. The van der Waals surface area contributed by atoms with E-state index in [1.54, 1.807) is 23.1 Å². The molecule has 0 spiro atoms. The smallest absolute Gasteiger partial charge is 0.317 e. The van der Waals surface area contributed by atoms with Gasteiger partial charge in [0.15, 0.2) is 0 Å². The summed E-state index contributed by atoms with van der Waals surface area (Å²) in [4.78, 5) is 22.9. The van der Waals surface area contributed by atoms with Crippen molar-refractivity contribution in [2.75, 3.05) is 13.2 Å². The molecule has 5 nitrogen and oxygen atoms in total. The van der Waals surface area contributed by atoms with E-state index in [9.17, 15) is 13.6 Å². The van der Waals surface area contributed by atoms with Crippen LogP contribution < -0.4 is 4.74 Å². The molecule has 0 radical (unpaired) electrons. The highest BCUT2D eigenvalue weighted by molar-refractivity contribution is 6.29. The maximum absolute atomic E-state index is 14.2. The van der Waals surface area contributed by atoms with Crippen LogP contribution in [0.1, 0.15) is 37.3 Å². The fraction of sp³-hybridized carbons (Fsp3) is 0.476. The predicted octanol–water partition coefficient (Wildman–Crippen LogP) is 4.13. The molecule has 152 valence electrons. The number of alkyl halides is 1. The Morgan fingerprint density at radius 3 is 2.83 bits per heavy atom. The molecule has 29 heavy (non-hydrogen) atoms. The van der Waals surface area contributed by atoms with E-state index in [0.717, 1.165) is 0 Å². The number of benzene rings is 1. The zero-order chi connectivity index (χ0) is 20.2. The normalized spacial score (nSPS) is 32.4. The van der Waals surface area contributed by atoms with Crippen LogP contribution >= 0.6 is 11.6 Å². The molecule has 1 saturated heterocycles. The van der Waals surface area contributed by atoms with Crippen molar-refractivity contribution in [1.29, 1.82) is 0 Å². The highest BCUT2D eigenvalue weighted by atomic mass is 35.5. The van der Waals surface area contributed by atoms with Gasteiger partial charge in [-0.25, -0.2) is 13.8 Å². The van der Waals surface area contributed by atoms with Gasteiger partial charge in [-0.05, 0) is 43.0 Å². The van der Waals surface area contributed by atoms with Crippen LogP contribution in [0.25, 0.3) is 0 Å². The summed E-state index contributed by atoms with van der Waals surface area (Å²) in [6.45, 7) is 0.503. The Balaban J connectivity index is 1.24. The van der Waals surface area contributed by atoms with Crippen molar-refractivity contribution >= 4 is 17.5 Å². The van der Waals surface area contributed by atoms with Gasteiger partial charge in [-0.2, -0.15) is 4.98 Å². The molecule has 2 heterocycles. The minimum absolute atomic E-state index is 0.0206. The van der Waals surface area contributed by atoms with Crippen molar-refractivity contribution in [1.82, 2.24) is 14.9 Å². The molecule has 3 aliphatic carbocycles. The Labute approximate surface area is 172 Å². The molecule has 0 N–H and O–H groups in total. The van der Waals surface area contributed by atoms with E-state index in [2.05, 4.69) is 9.97 Å². The van der Waals surface area contributed by atoms with Gasteiger partial charge >= 0.3 is 6.01 Å². The quantitative estimate of drug-likeness (QED) is 0.684. The van der Waals surface area contributed by atoms with Crippen LogP contribution in [0.3, 0.4) is 0 Å². The van der Waals surface area contributed by atoms with E-state index in [1.807, 2.05) is 0 Å². The van der Waals surface area contributed by atoms with E-state index >= 15 is 0 Å². The Bertz CT molecular complexity index is 953. The topological polar surface area (TPSA) is 55.3 Å². The van der Waals surface area contributed by atoms with Gasteiger partial charge < -0.3 is 9.64 Å². The van der Waals surface area contributed by atoms with E-state index in [1.165, 1.54) is 18.3 Å². The van der Waals surface area contributed by atoms with E-state index in [-0.39, 0.29) is 36.1 Å². The minimum Gasteiger partial charge on any atom is -0.463 e. The number of hydrogen-bond donors (Lipinski definition) is 0. The van der Waals surface area contributed by atoms with E-state index in [4.69, 9.17) is 16.3 Å². The number of aromatic nitrogens is 2. The second-order valence-corrected chi connectivity index (χ2v) is 9.01. The van der Waals surface area contributed by atoms with Crippen molar-refractivity contribution in [3.8, 4) is 6.01 Å². The molecule has 2 atom stereocenters. The summed E-state index contributed by atoms with van der Waals surface area (Å²) in [6.07, 6.45) is 2.79. The number of amides is 1. The van der Waals surface area contributed by atoms with Crippen LogP contribution in [0, 0.1) is 16.6 Å². The number of nitrogens with zero attached hydrogens (tertiary/aromatic N) is 3. The fourth-order valence-electron chi connectivity index (χ4n) is 5.33. The SMILES string of the molecule is O=C(N1CC(F)CC1c1cccc(F)c1)C12CC(COc3nccc(Cl)n3)(C1)C2. The first-order valence-electron chi connectivity index (χ1n) is 9.70. The van der Waals surface area contributed by atoms with E-state index < -0.39 is 17.6 Å². The van der Waals surface area contributed by atoms with Gasteiger partial charge in [-0.1, -0.05) is 23.7 Å². The van der Waals surface area contributed by atoms with Crippen molar-refractivity contribution in [2.24, 2.45) is 10.8 Å². The number of hydrogen-bond acceptors (Lipinski definition) is 4. The van der Waals surface area contributed by atoms with Crippen LogP contribution in [-0.4, -0.2) is 40.1 Å². The molecule has 1 amide bonds. The zero-order valence-corrected chi connectivity index (χ0v) is 16.4. The number of rotatable bonds is 5. The number of carbonyl (C=O) groups is 1. The van der Waals surface area contributed by atoms with Crippen molar-refractivity contribution in [2.45, 2.75) is 37.9 Å². The largest absolute Gasteiger partial charge is 0.463 e. The third-order valence-corrected chi connectivity index (χ3v) is 6.66. The highest BCUT2D eigenvalue weighted by Crippen LogP contribution is 2.74. The van der Waals surface area contributed by atoms with Gasteiger partial charge in [-0.3, -0.25) is 4.79 Å². The van der Waals surface area contributed by atoms with Gasteiger partial charge in [-0.15, -0.1) is 0 Å². The molecule has 2 unspecified atom stereocenters. The first-order valence-corrected chi connectivity index (χ1v) is 10.1. The predicted molar refractivity (Wildman–Crippen MR) is 102 cm³/mol. The molecular formula is C21H20ClF2N3O2. The van der Waals surface area contributed by atoms with Gasteiger partial charge in [0.1, 0.15) is 17.1 Å². The molecule has 1 aliphatic heterocycles. The molecule has 1 aromatic carbocycles. The number of carbonyl (C=O) groups excluding carboxylic acids is 1. The monoisotopic (exact) mass is 419 g/mol.